The van der Waals surface area contributed by atoms with Gasteiger partial charge in [-0.2, -0.15) is 0 Å². The lowest BCUT2D eigenvalue weighted by Gasteiger charge is -2.06. The highest BCUT2D eigenvalue weighted by Crippen LogP contribution is 2.02. The normalized spacial score (nSPS) is 11.1. The minimum absolute atomic E-state index is 0.278. The number of carbonyl (C=O) groups is 3. The molecule has 0 saturated heterocycles. The highest BCUT2D eigenvalue weighted by atomic mass is 32.2. The second-order valence-corrected chi connectivity index (χ2v) is 7.13. The summed E-state index contributed by atoms with van der Waals surface area (Å²) in [6, 6.07) is 16.8. The first kappa shape index (κ1) is 21.0. The molecular formula is C19H18N2O6S. The van der Waals surface area contributed by atoms with Gasteiger partial charge in [0.2, 0.25) is 10.0 Å². The number of nitrogens with one attached hydrogen (secondary N) is 2. The van der Waals surface area contributed by atoms with Crippen molar-refractivity contribution in [3.8, 4) is 0 Å². The van der Waals surface area contributed by atoms with E-state index in [-0.39, 0.29) is 5.56 Å². The van der Waals surface area contributed by atoms with Gasteiger partial charge >= 0.3 is 5.97 Å². The second kappa shape index (κ2) is 10.1. The summed E-state index contributed by atoms with van der Waals surface area (Å²) in [5.74, 6) is -2.42. The monoisotopic (exact) mass is 402 g/mol. The van der Waals surface area contributed by atoms with Gasteiger partial charge in [0.15, 0.2) is 6.61 Å². The number of esters is 1. The molecule has 2 rings (SSSR count). The number of hydrogen-bond acceptors (Lipinski definition) is 6. The lowest BCUT2D eigenvalue weighted by Crippen LogP contribution is -2.36. The third-order valence-electron chi connectivity index (χ3n) is 3.31. The summed E-state index contributed by atoms with van der Waals surface area (Å²) in [6.45, 7) is -1.36. The summed E-state index contributed by atoms with van der Waals surface area (Å²) in [5.41, 5.74) is 0.954. The Balaban J connectivity index is 1.74. The molecule has 0 radical (unpaired) electrons. The molecule has 0 bridgehead atoms. The highest BCUT2D eigenvalue weighted by Gasteiger charge is 2.14. The Bertz CT molecular complexity index is 956. The molecule has 2 aromatic carbocycles. The van der Waals surface area contributed by atoms with Gasteiger partial charge in [-0.1, -0.05) is 48.5 Å². The van der Waals surface area contributed by atoms with E-state index in [1.807, 2.05) is 4.72 Å². The van der Waals surface area contributed by atoms with Gasteiger partial charge in [0, 0.05) is 11.0 Å². The Morgan fingerprint density at radius 3 is 2.18 bits per heavy atom. The fourth-order valence-corrected chi connectivity index (χ4v) is 2.71. The number of amides is 2. The summed E-state index contributed by atoms with van der Waals surface area (Å²) >= 11 is 0. The number of benzene rings is 2. The van der Waals surface area contributed by atoms with Crippen LogP contribution in [-0.2, 0) is 24.3 Å². The Hall–Kier alpha value is -3.30. The van der Waals surface area contributed by atoms with Crippen molar-refractivity contribution in [1.82, 2.24) is 10.0 Å². The van der Waals surface area contributed by atoms with Gasteiger partial charge in [0.25, 0.3) is 11.8 Å². The van der Waals surface area contributed by atoms with Crippen molar-refractivity contribution in [3.05, 3.63) is 77.2 Å². The third kappa shape index (κ3) is 7.52. The lowest BCUT2D eigenvalue weighted by atomic mass is 10.2. The van der Waals surface area contributed by atoms with Crippen LogP contribution < -0.4 is 10.0 Å². The number of ether oxygens (including phenoxy) is 1. The van der Waals surface area contributed by atoms with Gasteiger partial charge in [-0.25, -0.2) is 13.1 Å². The SMILES string of the molecule is O=C(COC(=O)CNS(=O)(=O)/C=C/c1ccccc1)NC(=O)c1ccccc1. The number of sulfonamides is 1. The molecule has 0 unspecified atom stereocenters. The number of imide groups is 1. The van der Waals surface area contributed by atoms with Gasteiger partial charge < -0.3 is 4.74 Å². The summed E-state index contributed by atoms with van der Waals surface area (Å²) in [7, 11) is -3.85. The zero-order valence-electron chi connectivity index (χ0n) is 14.7. The van der Waals surface area contributed by atoms with Crippen molar-refractivity contribution in [1.29, 1.82) is 0 Å². The predicted molar refractivity (Wildman–Crippen MR) is 102 cm³/mol. The molecule has 0 saturated carbocycles. The smallest absolute Gasteiger partial charge is 0.321 e. The molecule has 9 heteroatoms. The standard InChI is InChI=1S/C19H18N2O6S/c22-17(21-19(24)16-9-5-2-6-10-16)14-27-18(23)13-20-28(25,26)12-11-15-7-3-1-4-8-15/h1-12,20H,13-14H2,(H,21,22,24)/b12-11+. The molecule has 0 fully saturated rings. The molecule has 2 amide bonds. The fourth-order valence-electron chi connectivity index (χ4n) is 1.96. The van der Waals surface area contributed by atoms with Crippen LogP contribution in [0.5, 0.6) is 0 Å². The van der Waals surface area contributed by atoms with Crippen LogP contribution in [0.25, 0.3) is 6.08 Å². The maximum Gasteiger partial charge on any atom is 0.321 e. The van der Waals surface area contributed by atoms with E-state index < -0.39 is 41.0 Å². The van der Waals surface area contributed by atoms with Crippen LogP contribution in [0.2, 0.25) is 0 Å². The molecule has 0 aromatic heterocycles. The second-order valence-electron chi connectivity index (χ2n) is 5.48. The van der Waals surface area contributed by atoms with E-state index in [0.29, 0.717) is 5.56 Å². The molecule has 0 aliphatic rings. The first-order chi connectivity index (χ1) is 13.4. The minimum atomic E-state index is -3.85. The van der Waals surface area contributed by atoms with E-state index in [1.54, 1.807) is 48.5 Å². The summed E-state index contributed by atoms with van der Waals surface area (Å²) in [5, 5.41) is 2.97. The third-order valence-corrected chi connectivity index (χ3v) is 4.35. The molecule has 0 aliphatic heterocycles. The number of hydrogen-bond donors (Lipinski definition) is 2. The first-order valence-corrected chi connectivity index (χ1v) is 9.68. The predicted octanol–water partition coefficient (Wildman–Crippen LogP) is 1.08. The van der Waals surface area contributed by atoms with Crippen LogP contribution in [0.3, 0.4) is 0 Å². The Kier molecular flexibility index (Phi) is 7.61. The van der Waals surface area contributed by atoms with Crippen LogP contribution in [0.1, 0.15) is 15.9 Å². The topological polar surface area (TPSA) is 119 Å². The summed E-state index contributed by atoms with van der Waals surface area (Å²) in [4.78, 5) is 35.0. The average Bonchev–Trinajstić information content (AvgIpc) is 2.71. The molecule has 8 nitrogen and oxygen atoms in total. The minimum Gasteiger partial charge on any atom is -0.455 e. The number of carbonyl (C=O) groups excluding carboxylic acids is 3. The Morgan fingerprint density at radius 2 is 1.54 bits per heavy atom. The highest BCUT2D eigenvalue weighted by molar-refractivity contribution is 7.92. The quantitative estimate of drug-likeness (QED) is 0.638. The summed E-state index contributed by atoms with van der Waals surface area (Å²) in [6.07, 6.45) is 1.37. The van der Waals surface area contributed by atoms with E-state index in [9.17, 15) is 22.8 Å². The van der Waals surface area contributed by atoms with Crippen LogP contribution in [-0.4, -0.2) is 39.4 Å². The van der Waals surface area contributed by atoms with Gasteiger partial charge in [-0.05, 0) is 23.8 Å². The Morgan fingerprint density at radius 1 is 0.929 bits per heavy atom. The van der Waals surface area contributed by atoms with Crippen LogP contribution in [0.15, 0.2) is 66.1 Å². The van der Waals surface area contributed by atoms with Crippen molar-refractivity contribution < 1.29 is 27.5 Å². The first-order valence-electron chi connectivity index (χ1n) is 8.13. The average molecular weight is 402 g/mol. The largest absolute Gasteiger partial charge is 0.455 e. The van der Waals surface area contributed by atoms with E-state index in [4.69, 9.17) is 0 Å². The molecule has 0 spiro atoms. The van der Waals surface area contributed by atoms with Crippen LogP contribution in [0.4, 0.5) is 0 Å². The zero-order chi connectivity index (χ0) is 20.4. The molecule has 28 heavy (non-hydrogen) atoms. The van der Waals surface area contributed by atoms with Crippen LogP contribution >= 0.6 is 0 Å². The van der Waals surface area contributed by atoms with Crippen LogP contribution in [0, 0.1) is 0 Å². The molecule has 0 atom stereocenters. The molecule has 0 aliphatic carbocycles. The molecule has 146 valence electrons. The van der Waals surface area contributed by atoms with Crippen molar-refractivity contribution in [2.24, 2.45) is 0 Å². The molecule has 2 aromatic rings. The maximum absolute atomic E-state index is 11.8. The van der Waals surface area contributed by atoms with Gasteiger partial charge in [0.1, 0.15) is 6.54 Å². The lowest BCUT2D eigenvalue weighted by molar-refractivity contribution is -0.147. The van der Waals surface area contributed by atoms with E-state index in [2.05, 4.69) is 10.1 Å². The van der Waals surface area contributed by atoms with Gasteiger partial charge in [-0.15, -0.1) is 0 Å². The van der Waals surface area contributed by atoms with E-state index in [0.717, 1.165) is 5.41 Å². The van der Waals surface area contributed by atoms with Crippen molar-refractivity contribution in [3.63, 3.8) is 0 Å². The van der Waals surface area contributed by atoms with E-state index >= 15 is 0 Å². The van der Waals surface area contributed by atoms with Crippen molar-refractivity contribution in [2.45, 2.75) is 0 Å². The van der Waals surface area contributed by atoms with Crippen molar-refractivity contribution in [2.75, 3.05) is 13.2 Å². The van der Waals surface area contributed by atoms with Crippen molar-refractivity contribution >= 4 is 33.9 Å². The Labute approximate surface area is 162 Å². The molecule has 2 N–H and O–H groups in total. The fraction of sp³-hybridized carbons (Fsp3) is 0.105. The van der Waals surface area contributed by atoms with E-state index in [1.165, 1.54) is 18.2 Å². The number of rotatable bonds is 8. The van der Waals surface area contributed by atoms with Gasteiger partial charge in [0.05, 0.1) is 0 Å². The molecular weight excluding hydrogens is 384 g/mol. The van der Waals surface area contributed by atoms with Gasteiger partial charge in [-0.3, -0.25) is 19.7 Å². The summed E-state index contributed by atoms with van der Waals surface area (Å²) < 4.78 is 30.3. The zero-order valence-corrected chi connectivity index (χ0v) is 15.5. The maximum atomic E-state index is 11.8. The molecule has 0 heterocycles.